The van der Waals surface area contributed by atoms with Gasteiger partial charge in [-0.15, -0.1) is 0 Å². The zero-order valence-corrected chi connectivity index (χ0v) is 12.3. The first-order valence-electron chi connectivity index (χ1n) is 4.79. The van der Waals surface area contributed by atoms with E-state index in [0.29, 0.717) is 4.47 Å². The normalized spacial score (nSPS) is 13.2. The molecule has 1 amide bonds. The predicted molar refractivity (Wildman–Crippen MR) is 75.4 cm³/mol. The van der Waals surface area contributed by atoms with Crippen LogP contribution in [-0.2, 0) is 4.79 Å². The second kappa shape index (κ2) is 6.26. The maximum Gasteiger partial charge on any atom is 0.235 e. The molecule has 1 atom stereocenters. The fourth-order valence-corrected chi connectivity index (χ4v) is 2.42. The average molecular weight is 355 g/mol. The number of benzene rings is 1. The minimum Gasteiger partial charge on any atom is -0.409 e. The number of amidine groups is 1. The van der Waals surface area contributed by atoms with Gasteiger partial charge >= 0.3 is 0 Å². The van der Waals surface area contributed by atoms with Gasteiger partial charge in [-0.3, -0.25) is 4.79 Å². The van der Waals surface area contributed by atoms with E-state index in [1.807, 2.05) is 0 Å². The summed E-state index contributed by atoms with van der Waals surface area (Å²) in [5.41, 5.74) is 5.62. The zero-order valence-electron chi connectivity index (χ0n) is 9.25. The number of hydrogen-bond acceptors (Lipinski definition) is 3. The van der Waals surface area contributed by atoms with Gasteiger partial charge < -0.3 is 16.3 Å². The van der Waals surface area contributed by atoms with Gasteiger partial charge in [-0.2, -0.15) is 0 Å². The van der Waals surface area contributed by atoms with Crippen molar-refractivity contribution >= 4 is 56.6 Å². The Morgan fingerprint density at radius 2 is 2.00 bits per heavy atom. The number of carbonyl (C=O) groups is 1. The van der Waals surface area contributed by atoms with Crippen LogP contribution in [0.25, 0.3) is 0 Å². The molecule has 1 unspecified atom stereocenters. The molecule has 0 radical (unpaired) electrons. The molecule has 1 aromatic carbocycles. The molecular weight excluding hydrogens is 345 g/mol. The van der Waals surface area contributed by atoms with E-state index in [4.69, 9.17) is 34.1 Å². The number of anilines is 1. The molecule has 0 heterocycles. The van der Waals surface area contributed by atoms with Crippen molar-refractivity contribution in [2.45, 2.75) is 6.92 Å². The minimum absolute atomic E-state index is 0.197. The minimum atomic E-state index is -0.800. The quantitative estimate of drug-likeness (QED) is 0.337. The fourth-order valence-electron chi connectivity index (χ4n) is 1.11. The Kier molecular flexibility index (Phi) is 5.25. The first kappa shape index (κ1) is 15.1. The van der Waals surface area contributed by atoms with E-state index in [1.54, 1.807) is 12.1 Å². The highest BCUT2D eigenvalue weighted by atomic mass is 79.9. The highest BCUT2D eigenvalue weighted by Gasteiger charge is 2.20. The largest absolute Gasteiger partial charge is 0.409 e. The Balaban J connectivity index is 2.96. The molecule has 98 valence electrons. The topological polar surface area (TPSA) is 87.7 Å². The van der Waals surface area contributed by atoms with Crippen molar-refractivity contribution < 1.29 is 10.0 Å². The van der Waals surface area contributed by atoms with Crippen molar-refractivity contribution in [2.75, 3.05) is 5.32 Å². The van der Waals surface area contributed by atoms with Crippen molar-refractivity contribution in [1.82, 2.24) is 0 Å². The van der Waals surface area contributed by atoms with Crippen LogP contribution in [0.2, 0.25) is 10.0 Å². The van der Waals surface area contributed by atoms with E-state index in [1.165, 1.54) is 6.92 Å². The second-order valence-corrected chi connectivity index (χ2v) is 5.21. The van der Waals surface area contributed by atoms with E-state index in [2.05, 4.69) is 26.4 Å². The van der Waals surface area contributed by atoms with Crippen LogP contribution in [0, 0.1) is 5.92 Å². The van der Waals surface area contributed by atoms with Crippen LogP contribution in [-0.4, -0.2) is 17.0 Å². The summed E-state index contributed by atoms with van der Waals surface area (Å²) in [6, 6.07) is 3.19. The maximum atomic E-state index is 11.8. The van der Waals surface area contributed by atoms with Gasteiger partial charge in [0.2, 0.25) is 5.91 Å². The number of nitrogens with zero attached hydrogens (tertiary/aromatic N) is 1. The molecule has 0 bridgehead atoms. The van der Waals surface area contributed by atoms with Gasteiger partial charge in [-0.25, -0.2) is 0 Å². The summed E-state index contributed by atoms with van der Waals surface area (Å²) in [6.07, 6.45) is 0. The Bertz CT molecular complexity index is 485. The zero-order chi connectivity index (χ0) is 13.9. The summed E-state index contributed by atoms with van der Waals surface area (Å²) in [4.78, 5) is 11.8. The number of hydrogen-bond donors (Lipinski definition) is 3. The Morgan fingerprint density at radius 1 is 1.50 bits per heavy atom. The number of nitrogens with two attached hydrogens (primary N) is 1. The summed E-state index contributed by atoms with van der Waals surface area (Å²) >= 11 is 15.1. The van der Waals surface area contributed by atoms with Gasteiger partial charge in [0.15, 0.2) is 5.84 Å². The maximum absolute atomic E-state index is 11.8. The number of rotatable bonds is 3. The summed E-state index contributed by atoms with van der Waals surface area (Å²) in [5, 5.41) is 14.4. The van der Waals surface area contributed by atoms with Gasteiger partial charge in [0.25, 0.3) is 0 Å². The monoisotopic (exact) mass is 353 g/mol. The van der Waals surface area contributed by atoms with Gasteiger partial charge in [0.1, 0.15) is 0 Å². The molecule has 0 saturated heterocycles. The Labute approximate surface area is 122 Å². The van der Waals surface area contributed by atoms with E-state index < -0.39 is 11.8 Å². The van der Waals surface area contributed by atoms with Crippen molar-refractivity contribution in [3.8, 4) is 0 Å². The number of carbonyl (C=O) groups excluding carboxylic acids is 1. The lowest BCUT2D eigenvalue weighted by Crippen LogP contribution is -2.32. The summed E-state index contributed by atoms with van der Waals surface area (Å²) in [7, 11) is 0. The fraction of sp³-hybridized carbons (Fsp3) is 0.200. The van der Waals surface area contributed by atoms with Crippen LogP contribution >= 0.6 is 39.1 Å². The van der Waals surface area contributed by atoms with Crippen molar-refractivity contribution in [3.63, 3.8) is 0 Å². The number of amides is 1. The van der Waals surface area contributed by atoms with E-state index in [-0.39, 0.29) is 21.6 Å². The van der Waals surface area contributed by atoms with E-state index >= 15 is 0 Å². The molecule has 0 fully saturated rings. The van der Waals surface area contributed by atoms with Crippen LogP contribution in [0.1, 0.15) is 6.92 Å². The average Bonchev–Trinajstić information content (AvgIpc) is 2.31. The van der Waals surface area contributed by atoms with Crippen LogP contribution in [0.4, 0.5) is 5.69 Å². The first-order chi connectivity index (χ1) is 8.36. The van der Waals surface area contributed by atoms with Crippen LogP contribution < -0.4 is 11.1 Å². The molecule has 0 spiro atoms. The SMILES string of the molecule is CC(C(=O)Nc1c(Cl)cc(Br)cc1Cl)/C(N)=N/O. The lowest BCUT2D eigenvalue weighted by atomic mass is 10.1. The van der Waals surface area contributed by atoms with Gasteiger partial charge in [-0.05, 0) is 19.1 Å². The van der Waals surface area contributed by atoms with E-state index in [0.717, 1.165) is 0 Å². The Hall–Kier alpha value is -0.980. The smallest absolute Gasteiger partial charge is 0.235 e. The molecule has 0 aliphatic rings. The molecule has 0 aliphatic heterocycles. The summed E-state index contributed by atoms with van der Waals surface area (Å²) in [5.74, 6) is -1.47. The third kappa shape index (κ3) is 3.51. The van der Waals surface area contributed by atoms with Crippen molar-refractivity contribution in [1.29, 1.82) is 0 Å². The van der Waals surface area contributed by atoms with Crippen molar-refractivity contribution in [3.05, 3.63) is 26.7 Å². The molecular formula is C10H10BrCl2N3O2. The number of nitrogens with one attached hydrogen (secondary N) is 1. The van der Waals surface area contributed by atoms with Gasteiger partial charge in [0, 0.05) is 4.47 Å². The Morgan fingerprint density at radius 3 is 2.44 bits per heavy atom. The predicted octanol–water partition coefficient (Wildman–Crippen LogP) is 3.08. The molecule has 4 N–H and O–H groups in total. The van der Waals surface area contributed by atoms with Crippen LogP contribution in [0.15, 0.2) is 21.8 Å². The summed E-state index contributed by atoms with van der Waals surface area (Å²) in [6.45, 7) is 1.49. The second-order valence-electron chi connectivity index (χ2n) is 3.48. The molecule has 0 aromatic heterocycles. The lowest BCUT2D eigenvalue weighted by molar-refractivity contribution is -0.117. The van der Waals surface area contributed by atoms with Gasteiger partial charge in [-0.1, -0.05) is 44.3 Å². The lowest BCUT2D eigenvalue weighted by Gasteiger charge is -2.13. The first-order valence-corrected chi connectivity index (χ1v) is 6.34. The van der Waals surface area contributed by atoms with Crippen LogP contribution in [0.5, 0.6) is 0 Å². The molecule has 1 rings (SSSR count). The molecule has 0 aliphatic carbocycles. The van der Waals surface area contributed by atoms with Crippen molar-refractivity contribution in [2.24, 2.45) is 16.8 Å². The third-order valence-electron chi connectivity index (χ3n) is 2.21. The molecule has 0 saturated carbocycles. The molecule has 8 heteroatoms. The number of halogens is 3. The number of oxime groups is 1. The molecule has 18 heavy (non-hydrogen) atoms. The van der Waals surface area contributed by atoms with Gasteiger partial charge in [0.05, 0.1) is 21.7 Å². The molecule has 5 nitrogen and oxygen atoms in total. The molecule has 1 aromatic rings. The third-order valence-corrected chi connectivity index (χ3v) is 3.26. The highest BCUT2D eigenvalue weighted by molar-refractivity contribution is 9.10. The van der Waals surface area contributed by atoms with Crippen LogP contribution in [0.3, 0.4) is 0 Å². The highest BCUT2D eigenvalue weighted by Crippen LogP contribution is 2.34. The summed E-state index contributed by atoms with van der Waals surface area (Å²) < 4.78 is 0.694. The van der Waals surface area contributed by atoms with E-state index in [9.17, 15) is 4.79 Å². The standard InChI is InChI=1S/C10H10BrCl2N3O2/c1-4(9(14)16-18)10(17)15-8-6(12)2-5(11)3-7(8)13/h2-4,18H,1H3,(H2,14,16)(H,15,17).